The first-order chi connectivity index (χ1) is 8.63. The van der Waals surface area contributed by atoms with Gasteiger partial charge in [0.25, 0.3) is 0 Å². The molecule has 18 heavy (non-hydrogen) atoms. The SMILES string of the molecule is CNC1COCC1C(=O)N(C)c1cccc(O)c1. The van der Waals surface area contributed by atoms with Gasteiger partial charge >= 0.3 is 0 Å². The lowest BCUT2D eigenvalue weighted by atomic mass is 10.0. The molecule has 1 heterocycles. The van der Waals surface area contributed by atoms with E-state index < -0.39 is 0 Å². The fourth-order valence-electron chi connectivity index (χ4n) is 2.16. The Hall–Kier alpha value is -1.59. The van der Waals surface area contributed by atoms with Crippen LogP contribution >= 0.6 is 0 Å². The summed E-state index contributed by atoms with van der Waals surface area (Å²) in [6.07, 6.45) is 0. The molecule has 98 valence electrons. The lowest BCUT2D eigenvalue weighted by Gasteiger charge is -2.23. The topological polar surface area (TPSA) is 61.8 Å². The molecule has 1 aromatic rings. The number of carbonyl (C=O) groups excluding carboxylic acids is 1. The maximum absolute atomic E-state index is 12.4. The van der Waals surface area contributed by atoms with E-state index in [1.807, 2.05) is 7.05 Å². The van der Waals surface area contributed by atoms with Crippen LogP contribution in [0.4, 0.5) is 5.69 Å². The van der Waals surface area contributed by atoms with Crippen molar-refractivity contribution in [2.24, 2.45) is 5.92 Å². The van der Waals surface area contributed by atoms with E-state index in [1.165, 1.54) is 0 Å². The van der Waals surface area contributed by atoms with Crippen LogP contribution in [0.15, 0.2) is 24.3 Å². The van der Waals surface area contributed by atoms with E-state index in [0.717, 1.165) is 0 Å². The van der Waals surface area contributed by atoms with Crippen LogP contribution in [-0.2, 0) is 9.53 Å². The Morgan fingerprint density at radius 2 is 2.28 bits per heavy atom. The van der Waals surface area contributed by atoms with Crippen molar-refractivity contribution in [1.29, 1.82) is 0 Å². The predicted molar refractivity (Wildman–Crippen MR) is 68.7 cm³/mol. The van der Waals surface area contributed by atoms with Gasteiger partial charge in [0.05, 0.1) is 19.1 Å². The number of hydrogen-bond acceptors (Lipinski definition) is 4. The van der Waals surface area contributed by atoms with Gasteiger partial charge in [0, 0.05) is 24.8 Å². The van der Waals surface area contributed by atoms with Crippen molar-refractivity contribution >= 4 is 11.6 Å². The summed E-state index contributed by atoms with van der Waals surface area (Å²) in [6.45, 7) is 0.994. The van der Waals surface area contributed by atoms with E-state index in [-0.39, 0.29) is 23.6 Å². The molecule has 1 aromatic carbocycles. The minimum Gasteiger partial charge on any atom is -0.508 e. The number of phenolic OH excluding ortho intramolecular Hbond substituents is 1. The summed E-state index contributed by atoms with van der Waals surface area (Å²) >= 11 is 0. The quantitative estimate of drug-likeness (QED) is 0.824. The molecule has 1 aliphatic heterocycles. The van der Waals surface area contributed by atoms with Gasteiger partial charge in [-0.1, -0.05) is 6.07 Å². The average molecular weight is 250 g/mol. The van der Waals surface area contributed by atoms with Gasteiger partial charge in [-0.15, -0.1) is 0 Å². The van der Waals surface area contributed by atoms with Gasteiger partial charge < -0.3 is 20.1 Å². The second-order valence-corrected chi connectivity index (χ2v) is 4.46. The normalized spacial score (nSPS) is 23.0. The summed E-state index contributed by atoms with van der Waals surface area (Å²) in [4.78, 5) is 13.9. The molecule has 2 rings (SSSR count). The number of phenols is 1. The zero-order chi connectivity index (χ0) is 13.1. The van der Waals surface area contributed by atoms with Crippen molar-refractivity contribution < 1.29 is 14.6 Å². The number of rotatable bonds is 3. The lowest BCUT2D eigenvalue weighted by molar-refractivity contribution is -0.122. The number of nitrogens with one attached hydrogen (secondary N) is 1. The third-order valence-corrected chi connectivity index (χ3v) is 3.32. The number of ether oxygens (including phenoxy) is 1. The highest BCUT2D eigenvalue weighted by molar-refractivity contribution is 5.95. The van der Waals surface area contributed by atoms with Gasteiger partial charge in [-0.2, -0.15) is 0 Å². The Balaban J connectivity index is 2.13. The second-order valence-electron chi connectivity index (χ2n) is 4.46. The lowest BCUT2D eigenvalue weighted by Crippen LogP contribution is -2.43. The van der Waals surface area contributed by atoms with Crippen LogP contribution in [0.25, 0.3) is 0 Å². The fourth-order valence-corrected chi connectivity index (χ4v) is 2.16. The first-order valence-electron chi connectivity index (χ1n) is 5.95. The number of benzene rings is 1. The second kappa shape index (κ2) is 5.37. The Kier molecular flexibility index (Phi) is 3.84. The minimum absolute atomic E-state index is 0.00236. The first-order valence-corrected chi connectivity index (χ1v) is 5.95. The molecule has 0 radical (unpaired) electrons. The van der Waals surface area contributed by atoms with Crippen molar-refractivity contribution in [3.05, 3.63) is 24.3 Å². The monoisotopic (exact) mass is 250 g/mol. The molecule has 0 saturated carbocycles. The van der Waals surface area contributed by atoms with E-state index in [4.69, 9.17) is 4.74 Å². The summed E-state index contributed by atoms with van der Waals surface area (Å²) in [5.74, 6) is -0.0280. The highest BCUT2D eigenvalue weighted by atomic mass is 16.5. The summed E-state index contributed by atoms with van der Waals surface area (Å²) in [5, 5.41) is 12.5. The van der Waals surface area contributed by atoms with Crippen LogP contribution in [-0.4, -0.2) is 44.4 Å². The number of hydrogen-bond donors (Lipinski definition) is 2. The predicted octanol–water partition coefficient (Wildman–Crippen LogP) is 0.589. The molecule has 2 unspecified atom stereocenters. The molecule has 1 fully saturated rings. The molecule has 5 heteroatoms. The zero-order valence-corrected chi connectivity index (χ0v) is 10.6. The number of anilines is 1. The van der Waals surface area contributed by atoms with Crippen LogP contribution < -0.4 is 10.2 Å². The number of aromatic hydroxyl groups is 1. The maximum Gasteiger partial charge on any atom is 0.233 e. The molecule has 1 amide bonds. The fraction of sp³-hybridized carbons (Fsp3) is 0.462. The van der Waals surface area contributed by atoms with Crippen molar-refractivity contribution in [3.63, 3.8) is 0 Å². The Morgan fingerprint density at radius 3 is 2.94 bits per heavy atom. The van der Waals surface area contributed by atoms with Gasteiger partial charge in [-0.25, -0.2) is 0 Å². The summed E-state index contributed by atoms with van der Waals surface area (Å²) in [6, 6.07) is 6.72. The highest BCUT2D eigenvalue weighted by Crippen LogP contribution is 2.23. The van der Waals surface area contributed by atoms with E-state index in [0.29, 0.717) is 18.9 Å². The third-order valence-electron chi connectivity index (χ3n) is 3.32. The molecule has 0 spiro atoms. The van der Waals surface area contributed by atoms with Crippen molar-refractivity contribution in [1.82, 2.24) is 5.32 Å². The van der Waals surface area contributed by atoms with Crippen molar-refractivity contribution in [2.75, 3.05) is 32.2 Å². The van der Waals surface area contributed by atoms with Crippen LogP contribution in [0.3, 0.4) is 0 Å². The molecular formula is C13H18N2O3. The van der Waals surface area contributed by atoms with Gasteiger partial charge in [-0.05, 0) is 19.2 Å². The molecule has 2 atom stereocenters. The highest BCUT2D eigenvalue weighted by Gasteiger charge is 2.35. The van der Waals surface area contributed by atoms with Crippen molar-refractivity contribution in [3.8, 4) is 5.75 Å². The molecule has 0 aliphatic carbocycles. The molecule has 0 bridgehead atoms. The largest absolute Gasteiger partial charge is 0.508 e. The zero-order valence-electron chi connectivity index (χ0n) is 10.6. The van der Waals surface area contributed by atoms with E-state index in [9.17, 15) is 9.90 Å². The number of carbonyl (C=O) groups is 1. The van der Waals surface area contributed by atoms with Gasteiger partial charge in [-0.3, -0.25) is 4.79 Å². The molecule has 1 aliphatic rings. The standard InChI is InChI=1S/C13H18N2O3/c1-14-12-8-18-7-11(12)13(17)15(2)9-4-3-5-10(16)6-9/h3-6,11-12,14,16H,7-8H2,1-2H3. The molecule has 2 N–H and O–H groups in total. The third kappa shape index (κ3) is 2.47. The first kappa shape index (κ1) is 12.9. The molecule has 0 aromatic heterocycles. The smallest absolute Gasteiger partial charge is 0.233 e. The maximum atomic E-state index is 12.4. The van der Waals surface area contributed by atoms with Gasteiger partial charge in [0.15, 0.2) is 0 Å². The Morgan fingerprint density at radius 1 is 1.50 bits per heavy atom. The summed E-state index contributed by atoms with van der Waals surface area (Å²) in [5.41, 5.74) is 0.682. The molecule has 5 nitrogen and oxygen atoms in total. The van der Waals surface area contributed by atoms with E-state index >= 15 is 0 Å². The van der Waals surface area contributed by atoms with Gasteiger partial charge in [0.1, 0.15) is 5.75 Å². The van der Waals surface area contributed by atoms with Crippen molar-refractivity contribution in [2.45, 2.75) is 6.04 Å². The molecular weight excluding hydrogens is 232 g/mol. The van der Waals surface area contributed by atoms with E-state index in [1.54, 1.807) is 36.2 Å². The van der Waals surface area contributed by atoms with Crippen LogP contribution in [0, 0.1) is 5.92 Å². The van der Waals surface area contributed by atoms with Gasteiger partial charge in [0.2, 0.25) is 5.91 Å². The average Bonchev–Trinajstić information content (AvgIpc) is 2.85. The van der Waals surface area contributed by atoms with Crippen LogP contribution in [0.5, 0.6) is 5.75 Å². The minimum atomic E-state index is -0.178. The number of nitrogens with zero attached hydrogens (tertiary/aromatic N) is 1. The number of likely N-dealkylation sites (N-methyl/N-ethyl adjacent to an activating group) is 1. The number of amides is 1. The van der Waals surface area contributed by atoms with E-state index in [2.05, 4.69) is 5.32 Å². The summed E-state index contributed by atoms with van der Waals surface area (Å²) < 4.78 is 5.33. The Bertz CT molecular complexity index is 436. The van der Waals surface area contributed by atoms with Crippen LogP contribution in [0.1, 0.15) is 0 Å². The Labute approximate surface area is 106 Å². The van der Waals surface area contributed by atoms with Crippen LogP contribution in [0.2, 0.25) is 0 Å². The molecule has 1 saturated heterocycles. The summed E-state index contributed by atoms with van der Waals surface area (Å²) in [7, 11) is 3.54.